The molecule has 3 nitrogen and oxygen atoms in total. The molecule has 0 aliphatic heterocycles. The van der Waals surface area contributed by atoms with Gasteiger partial charge >= 0.3 is 0 Å². The monoisotopic (exact) mass is 243 g/mol. The lowest BCUT2D eigenvalue weighted by Crippen LogP contribution is -2.09. The minimum Gasteiger partial charge on any atom is -0.398 e. The molecule has 0 fully saturated rings. The Kier molecular flexibility index (Phi) is 3.17. The third kappa shape index (κ3) is 2.33. The van der Waals surface area contributed by atoms with Gasteiger partial charge in [0.1, 0.15) is 0 Å². The predicted molar refractivity (Wildman–Crippen MR) is 74.3 cm³/mol. The van der Waals surface area contributed by atoms with Gasteiger partial charge in [-0.2, -0.15) is 5.10 Å². The van der Waals surface area contributed by atoms with E-state index in [2.05, 4.69) is 30.4 Å². The lowest BCUT2D eigenvalue weighted by atomic mass is 10.3. The van der Waals surface area contributed by atoms with Gasteiger partial charge in [-0.25, -0.2) is 4.68 Å². The molecule has 0 aliphatic carbocycles. The van der Waals surface area contributed by atoms with Gasteiger partial charge in [0.2, 0.25) is 0 Å². The van der Waals surface area contributed by atoms with E-state index in [1.807, 2.05) is 18.3 Å². The number of aromatic nitrogens is 2. The van der Waals surface area contributed by atoms with Gasteiger partial charge in [0.15, 0.2) is 0 Å². The van der Waals surface area contributed by atoms with Crippen molar-refractivity contribution in [3.8, 4) is 18.0 Å². The van der Waals surface area contributed by atoms with E-state index < -0.39 is 0 Å². The maximum absolute atomic E-state index is 5.95. The van der Waals surface area contributed by atoms with Crippen LogP contribution in [0.15, 0.2) is 30.6 Å². The molecule has 2 aromatic rings. The van der Waals surface area contributed by atoms with Crippen molar-refractivity contribution in [2.24, 2.45) is 0 Å². The van der Waals surface area contributed by atoms with Crippen LogP contribution in [0, 0.1) is 12.3 Å². The van der Waals surface area contributed by atoms with Crippen LogP contribution in [-0.4, -0.2) is 23.1 Å². The molecule has 0 aliphatic rings. The van der Waals surface area contributed by atoms with Crippen LogP contribution in [0.2, 0.25) is 0 Å². The first-order valence-corrected chi connectivity index (χ1v) is 7.44. The number of nitrogens with two attached hydrogens (primary N) is 1. The number of nitrogens with zero attached hydrogens (tertiary/aromatic N) is 2. The van der Waals surface area contributed by atoms with Crippen molar-refractivity contribution in [3.05, 3.63) is 36.2 Å². The molecule has 4 heteroatoms. The Morgan fingerprint density at radius 1 is 1.41 bits per heavy atom. The molecule has 0 atom stereocenters. The van der Waals surface area contributed by atoms with E-state index in [4.69, 9.17) is 12.2 Å². The van der Waals surface area contributed by atoms with E-state index in [-0.39, 0.29) is 7.92 Å². The van der Waals surface area contributed by atoms with Gasteiger partial charge in [0.25, 0.3) is 0 Å². The van der Waals surface area contributed by atoms with Crippen LogP contribution in [0.5, 0.6) is 0 Å². The molecule has 2 N–H and O–H groups in total. The quantitative estimate of drug-likeness (QED) is 0.496. The van der Waals surface area contributed by atoms with E-state index in [0.717, 1.165) is 16.9 Å². The Morgan fingerprint density at radius 3 is 2.76 bits per heavy atom. The van der Waals surface area contributed by atoms with E-state index in [9.17, 15) is 0 Å². The second-order valence-electron chi connectivity index (χ2n) is 3.96. The van der Waals surface area contributed by atoms with Crippen molar-refractivity contribution >= 4 is 18.9 Å². The molecule has 0 spiro atoms. The predicted octanol–water partition coefficient (Wildman–Crippen LogP) is 1.80. The minimum atomic E-state index is -0.226. The summed E-state index contributed by atoms with van der Waals surface area (Å²) in [7, 11) is -0.226. The van der Waals surface area contributed by atoms with Crippen LogP contribution in [0.25, 0.3) is 5.69 Å². The topological polar surface area (TPSA) is 43.8 Å². The van der Waals surface area contributed by atoms with Gasteiger partial charge in [-0.15, -0.1) is 6.42 Å². The largest absolute Gasteiger partial charge is 0.398 e. The highest BCUT2D eigenvalue weighted by atomic mass is 31.1. The van der Waals surface area contributed by atoms with Gasteiger partial charge in [-0.05, 0) is 31.5 Å². The van der Waals surface area contributed by atoms with Crippen molar-refractivity contribution in [2.45, 2.75) is 0 Å². The Bertz CT molecular complexity index is 579. The van der Waals surface area contributed by atoms with Crippen LogP contribution in [0.1, 0.15) is 5.56 Å². The standard InChI is InChI=1S/C13H14N3P/c1-4-10-8-15-16(9-10)11-5-6-12(14)13(7-11)17(2)3/h1,5-9H,14H2,2-3H3. The minimum absolute atomic E-state index is 0.226. The lowest BCUT2D eigenvalue weighted by Gasteiger charge is -2.11. The van der Waals surface area contributed by atoms with Crippen LogP contribution in [-0.2, 0) is 0 Å². The first kappa shape index (κ1) is 11.7. The Balaban J connectivity index is 2.46. The fraction of sp³-hybridized carbons (Fsp3) is 0.154. The summed E-state index contributed by atoms with van der Waals surface area (Å²) in [5, 5.41) is 5.42. The normalized spacial score (nSPS) is 10.5. The molecule has 0 amide bonds. The maximum Gasteiger partial charge on any atom is 0.0653 e. The fourth-order valence-corrected chi connectivity index (χ4v) is 2.58. The second-order valence-corrected chi connectivity index (χ2v) is 6.23. The number of nitrogen functional groups attached to an aromatic ring is 1. The molecular formula is C13H14N3P. The van der Waals surface area contributed by atoms with E-state index in [1.54, 1.807) is 10.9 Å². The molecule has 2 rings (SSSR count). The maximum atomic E-state index is 5.95. The van der Waals surface area contributed by atoms with Crippen molar-refractivity contribution < 1.29 is 0 Å². The summed E-state index contributed by atoms with van der Waals surface area (Å²) in [6.45, 7) is 4.36. The molecular weight excluding hydrogens is 229 g/mol. The summed E-state index contributed by atoms with van der Waals surface area (Å²) < 4.78 is 1.77. The first-order valence-electron chi connectivity index (χ1n) is 5.20. The highest BCUT2D eigenvalue weighted by Crippen LogP contribution is 2.28. The number of anilines is 1. The van der Waals surface area contributed by atoms with Crippen LogP contribution in [0.3, 0.4) is 0 Å². The van der Waals surface area contributed by atoms with Crippen LogP contribution >= 0.6 is 7.92 Å². The number of rotatable bonds is 2. The molecule has 0 saturated heterocycles. The van der Waals surface area contributed by atoms with Crippen LogP contribution in [0.4, 0.5) is 5.69 Å². The molecule has 86 valence electrons. The summed E-state index contributed by atoms with van der Waals surface area (Å²) in [6, 6.07) is 5.95. The average Bonchev–Trinajstić information content (AvgIpc) is 2.78. The molecule has 0 radical (unpaired) electrons. The van der Waals surface area contributed by atoms with Crippen LogP contribution < -0.4 is 11.0 Å². The molecule has 0 bridgehead atoms. The van der Waals surface area contributed by atoms with E-state index in [0.29, 0.717) is 0 Å². The van der Waals surface area contributed by atoms with Crippen molar-refractivity contribution in [3.63, 3.8) is 0 Å². The van der Waals surface area contributed by atoms with E-state index in [1.165, 1.54) is 5.30 Å². The van der Waals surface area contributed by atoms with E-state index >= 15 is 0 Å². The molecule has 1 aromatic carbocycles. The molecule has 0 saturated carbocycles. The van der Waals surface area contributed by atoms with Crippen molar-refractivity contribution in [1.82, 2.24) is 9.78 Å². The number of hydrogen-bond donors (Lipinski definition) is 1. The Labute approximate surface area is 102 Å². The lowest BCUT2D eigenvalue weighted by molar-refractivity contribution is 0.881. The zero-order chi connectivity index (χ0) is 12.4. The molecule has 0 unspecified atom stereocenters. The van der Waals surface area contributed by atoms with Gasteiger partial charge in [0.05, 0.1) is 17.4 Å². The zero-order valence-electron chi connectivity index (χ0n) is 9.88. The number of benzene rings is 1. The van der Waals surface area contributed by atoms with Gasteiger partial charge < -0.3 is 5.73 Å². The summed E-state index contributed by atoms with van der Waals surface area (Å²) in [4.78, 5) is 0. The van der Waals surface area contributed by atoms with Gasteiger partial charge in [-0.3, -0.25) is 0 Å². The summed E-state index contributed by atoms with van der Waals surface area (Å²) in [5.41, 5.74) is 8.56. The molecule has 1 heterocycles. The third-order valence-corrected chi connectivity index (χ3v) is 3.86. The average molecular weight is 243 g/mol. The molecule has 1 aromatic heterocycles. The Hall–Kier alpha value is -1.78. The fourth-order valence-electron chi connectivity index (χ4n) is 1.60. The zero-order valence-corrected chi connectivity index (χ0v) is 10.8. The highest BCUT2D eigenvalue weighted by molar-refractivity contribution is 7.64. The second kappa shape index (κ2) is 4.61. The summed E-state index contributed by atoms with van der Waals surface area (Å²) in [5.74, 6) is 2.56. The molecule has 17 heavy (non-hydrogen) atoms. The van der Waals surface area contributed by atoms with Gasteiger partial charge in [0, 0.05) is 17.2 Å². The van der Waals surface area contributed by atoms with Crippen molar-refractivity contribution in [1.29, 1.82) is 0 Å². The third-order valence-electron chi connectivity index (χ3n) is 2.51. The summed E-state index contributed by atoms with van der Waals surface area (Å²) in [6.07, 6.45) is 8.84. The smallest absolute Gasteiger partial charge is 0.0653 e. The Morgan fingerprint density at radius 2 is 2.18 bits per heavy atom. The first-order chi connectivity index (χ1) is 8.11. The van der Waals surface area contributed by atoms with Gasteiger partial charge in [-0.1, -0.05) is 13.8 Å². The number of hydrogen-bond acceptors (Lipinski definition) is 2. The van der Waals surface area contributed by atoms with Crippen molar-refractivity contribution in [2.75, 3.05) is 19.1 Å². The SMILES string of the molecule is C#Cc1cnn(-c2ccc(N)c(P(C)C)c2)c1. The summed E-state index contributed by atoms with van der Waals surface area (Å²) >= 11 is 0. The number of terminal acetylenes is 1. The highest BCUT2D eigenvalue weighted by Gasteiger charge is 2.06.